The molecule has 1 aliphatic rings. The van der Waals surface area contributed by atoms with Crippen LogP contribution in [0.5, 0.6) is 5.75 Å². The van der Waals surface area contributed by atoms with Crippen LogP contribution in [0.4, 0.5) is 0 Å². The van der Waals surface area contributed by atoms with Crippen molar-refractivity contribution in [1.82, 2.24) is 15.5 Å². The molecule has 4 N–H and O–H groups in total. The van der Waals surface area contributed by atoms with Crippen LogP contribution in [-0.2, 0) is 11.3 Å². The molecule has 0 atom stereocenters. The standard InChI is InChI=1S/C19H29N5O2.HI/c1-3-9-24-10-7-16(8-11-24)23-19(21-2)22-13-15-5-4-6-17(12-15)26-14-18(20)25;/h3-6,12,16H,1,7-11,13-14H2,2H3,(H2,20,25)(H2,21,22,23);1H. The van der Waals surface area contributed by atoms with Crippen molar-refractivity contribution < 1.29 is 9.53 Å². The van der Waals surface area contributed by atoms with Gasteiger partial charge in [0.15, 0.2) is 12.6 Å². The highest BCUT2D eigenvalue weighted by Crippen LogP contribution is 2.13. The minimum absolute atomic E-state index is 0. The van der Waals surface area contributed by atoms with E-state index in [2.05, 4.69) is 27.1 Å². The van der Waals surface area contributed by atoms with E-state index in [1.54, 1.807) is 13.1 Å². The number of nitrogens with two attached hydrogens (primary N) is 1. The average Bonchev–Trinajstić information content (AvgIpc) is 2.65. The number of nitrogens with one attached hydrogen (secondary N) is 2. The lowest BCUT2D eigenvalue weighted by Gasteiger charge is -2.32. The molecule has 0 spiro atoms. The van der Waals surface area contributed by atoms with Crippen LogP contribution in [0.1, 0.15) is 18.4 Å². The van der Waals surface area contributed by atoms with E-state index in [0.29, 0.717) is 18.3 Å². The van der Waals surface area contributed by atoms with E-state index in [-0.39, 0.29) is 30.6 Å². The number of carbonyl (C=O) groups is 1. The Labute approximate surface area is 178 Å². The first-order chi connectivity index (χ1) is 12.6. The first-order valence-corrected chi connectivity index (χ1v) is 8.91. The predicted molar refractivity (Wildman–Crippen MR) is 120 cm³/mol. The zero-order valence-electron chi connectivity index (χ0n) is 15.8. The van der Waals surface area contributed by atoms with Gasteiger partial charge in [0.1, 0.15) is 5.75 Å². The van der Waals surface area contributed by atoms with Crippen LogP contribution < -0.4 is 21.1 Å². The Hall–Kier alpha value is -1.81. The number of halogens is 1. The summed E-state index contributed by atoms with van der Waals surface area (Å²) in [5.41, 5.74) is 6.14. The van der Waals surface area contributed by atoms with Gasteiger partial charge in [-0.25, -0.2) is 0 Å². The Morgan fingerprint density at radius 3 is 2.81 bits per heavy atom. The van der Waals surface area contributed by atoms with Crippen molar-refractivity contribution in [2.75, 3.05) is 33.3 Å². The third-order valence-electron chi connectivity index (χ3n) is 4.28. The molecule has 150 valence electrons. The van der Waals surface area contributed by atoms with Crippen LogP contribution in [0.25, 0.3) is 0 Å². The molecule has 0 saturated carbocycles. The van der Waals surface area contributed by atoms with Gasteiger partial charge in [-0.2, -0.15) is 0 Å². The maximum absolute atomic E-state index is 10.8. The lowest BCUT2D eigenvalue weighted by molar-refractivity contribution is -0.119. The first kappa shape index (κ1) is 23.2. The highest BCUT2D eigenvalue weighted by molar-refractivity contribution is 14.0. The number of carbonyl (C=O) groups excluding carboxylic acids is 1. The minimum Gasteiger partial charge on any atom is -0.484 e. The van der Waals surface area contributed by atoms with E-state index in [4.69, 9.17) is 10.5 Å². The van der Waals surface area contributed by atoms with Gasteiger partial charge in [0.25, 0.3) is 5.91 Å². The fourth-order valence-electron chi connectivity index (χ4n) is 2.92. The summed E-state index contributed by atoms with van der Waals surface area (Å²) < 4.78 is 5.33. The molecule has 0 aromatic heterocycles. The second-order valence-electron chi connectivity index (χ2n) is 6.34. The molecule has 1 aromatic rings. The second kappa shape index (κ2) is 12.6. The van der Waals surface area contributed by atoms with Gasteiger partial charge in [-0.3, -0.25) is 14.7 Å². The zero-order valence-corrected chi connectivity index (χ0v) is 18.1. The van der Waals surface area contributed by atoms with Crippen molar-refractivity contribution in [3.05, 3.63) is 42.5 Å². The molecular weight excluding hydrogens is 457 g/mol. The topological polar surface area (TPSA) is 92.0 Å². The van der Waals surface area contributed by atoms with E-state index < -0.39 is 5.91 Å². The third kappa shape index (κ3) is 8.61. The summed E-state index contributed by atoms with van der Waals surface area (Å²) in [6, 6.07) is 7.99. The van der Waals surface area contributed by atoms with Gasteiger partial charge in [0.2, 0.25) is 0 Å². The summed E-state index contributed by atoms with van der Waals surface area (Å²) in [6.45, 7) is 7.38. The average molecular weight is 487 g/mol. The number of amides is 1. The molecular formula is C19H30IN5O2. The van der Waals surface area contributed by atoms with Gasteiger partial charge < -0.3 is 21.1 Å². The number of primary amides is 1. The smallest absolute Gasteiger partial charge is 0.255 e. The third-order valence-corrected chi connectivity index (χ3v) is 4.28. The van der Waals surface area contributed by atoms with Crippen LogP contribution in [0.2, 0.25) is 0 Å². The summed E-state index contributed by atoms with van der Waals surface area (Å²) in [5, 5.41) is 6.81. The Morgan fingerprint density at radius 2 is 2.19 bits per heavy atom. The molecule has 0 unspecified atom stereocenters. The maximum atomic E-state index is 10.8. The van der Waals surface area contributed by atoms with E-state index in [1.807, 2.05) is 24.3 Å². The SMILES string of the molecule is C=CCN1CCC(NC(=NC)NCc2cccc(OCC(N)=O)c2)CC1.I. The lowest BCUT2D eigenvalue weighted by atomic mass is 10.1. The van der Waals surface area contributed by atoms with Gasteiger partial charge in [-0.05, 0) is 30.5 Å². The van der Waals surface area contributed by atoms with Gasteiger partial charge >= 0.3 is 0 Å². The molecule has 1 saturated heterocycles. The number of guanidine groups is 1. The van der Waals surface area contributed by atoms with Crippen molar-refractivity contribution >= 4 is 35.8 Å². The van der Waals surface area contributed by atoms with Crippen molar-refractivity contribution in [3.63, 3.8) is 0 Å². The summed E-state index contributed by atoms with van der Waals surface area (Å²) in [6.07, 6.45) is 4.13. The molecule has 0 bridgehead atoms. The predicted octanol–water partition coefficient (Wildman–Crippen LogP) is 1.48. The first-order valence-electron chi connectivity index (χ1n) is 8.91. The number of nitrogens with zero attached hydrogens (tertiary/aromatic N) is 2. The number of ether oxygens (including phenoxy) is 1. The van der Waals surface area contributed by atoms with Crippen LogP contribution in [0.15, 0.2) is 41.9 Å². The van der Waals surface area contributed by atoms with Crippen LogP contribution in [0, 0.1) is 0 Å². The van der Waals surface area contributed by atoms with Crippen molar-refractivity contribution in [2.24, 2.45) is 10.7 Å². The number of piperidine rings is 1. The number of benzene rings is 1. The number of hydrogen-bond acceptors (Lipinski definition) is 4. The molecule has 2 rings (SSSR count). The molecule has 1 aliphatic heterocycles. The van der Waals surface area contributed by atoms with Crippen LogP contribution in [-0.4, -0.2) is 56.1 Å². The van der Waals surface area contributed by atoms with Crippen molar-refractivity contribution in [3.8, 4) is 5.75 Å². The maximum Gasteiger partial charge on any atom is 0.255 e. The monoisotopic (exact) mass is 487 g/mol. The molecule has 1 fully saturated rings. The zero-order chi connectivity index (χ0) is 18.8. The lowest BCUT2D eigenvalue weighted by Crippen LogP contribution is -2.48. The van der Waals surface area contributed by atoms with Crippen molar-refractivity contribution in [1.29, 1.82) is 0 Å². The quantitative estimate of drug-likeness (QED) is 0.224. The summed E-state index contributed by atoms with van der Waals surface area (Å²) >= 11 is 0. The molecule has 1 heterocycles. The van der Waals surface area contributed by atoms with Gasteiger partial charge in [0, 0.05) is 39.3 Å². The molecule has 27 heavy (non-hydrogen) atoms. The molecule has 1 amide bonds. The van der Waals surface area contributed by atoms with E-state index in [0.717, 1.165) is 44.0 Å². The fourth-order valence-corrected chi connectivity index (χ4v) is 2.92. The largest absolute Gasteiger partial charge is 0.484 e. The second-order valence-corrected chi connectivity index (χ2v) is 6.34. The molecule has 8 heteroatoms. The molecule has 0 aliphatic carbocycles. The van der Waals surface area contributed by atoms with Gasteiger partial charge in [-0.1, -0.05) is 18.2 Å². The van der Waals surface area contributed by atoms with Crippen LogP contribution in [0.3, 0.4) is 0 Å². The van der Waals surface area contributed by atoms with Crippen LogP contribution >= 0.6 is 24.0 Å². The normalized spacial score (nSPS) is 15.5. The highest BCUT2D eigenvalue weighted by atomic mass is 127. The van der Waals surface area contributed by atoms with Gasteiger partial charge in [0.05, 0.1) is 0 Å². The summed E-state index contributed by atoms with van der Waals surface area (Å²) in [7, 11) is 1.77. The Bertz CT molecular complexity index is 630. The Morgan fingerprint density at radius 1 is 1.44 bits per heavy atom. The van der Waals surface area contributed by atoms with E-state index in [1.165, 1.54) is 0 Å². The minimum atomic E-state index is -0.489. The Balaban J connectivity index is 0.00000364. The number of likely N-dealkylation sites (tertiary alicyclic amines) is 1. The summed E-state index contributed by atoms with van der Waals surface area (Å²) in [5.74, 6) is 0.925. The van der Waals surface area contributed by atoms with E-state index >= 15 is 0 Å². The number of rotatable bonds is 8. The number of hydrogen-bond donors (Lipinski definition) is 3. The molecule has 7 nitrogen and oxygen atoms in total. The molecule has 1 aromatic carbocycles. The van der Waals surface area contributed by atoms with E-state index in [9.17, 15) is 4.79 Å². The fraction of sp³-hybridized carbons (Fsp3) is 0.474. The molecule has 0 radical (unpaired) electrons. The highest BCUT2D eigenvalue weighted by Gasteiger charge is 2.18. The van der Waals surface area contributed by atoms with Crippen molar-refractivity contribution in [2.45, 2.75) is 25.4 Å². The van der Waals surface area contributed by atoms with Gasteiger partial charge in [-0.15, -0.1) is 30.6 Å². The summed E-state index contributed by atoms with van der Waals surface area (Å²) in [4.78, 5) is 17.5. The number of aliphatic imine (C=N–C) groups is 1. The Kier molecular flexibility index (Phi) is 10.8.